The molecule has 1 atom stereocenters. The Morgan fingerprint density at radius 1 is 1.50 bits per heavy atom. The van der Waals surface area contributed by atoms with Gasteiger partial charge in [0.2, 0.25) is 5.91 Å². The predicted octanol–water partition coefficient (Wildman–Crippen LogP) is 3.24. The van der Waals surface area contributed by atoms with E-state index >= 15 is 0 Å². The number of carbonyl (C=O) groups is 1. The van der Waals surface area contributed by atoms with Gasteiger partial charge in [-0.1, -0.05) is 32.4 Å². The van der Waals surface area contributed by atoms with E-state index in [1.54, 1.807) is 0 Å². The summed E-state index contributed by atoms with van der Waals surface area (Å²) in [5.74, 6) is 1.14. The van der Waals surface area contributed by atoms with Crippen LogP contribution in [0.5, 0.6) is 0 Å². The Bertz CT molecular complexity index is 266. The first kappa shape index (κ1) is 13.3. The highest BCUT2D eigenvalue weighted by molar-refractivity contribution is 5.79. The van der Waals surface area contributed by atoms with Crippen molar-refractivity contribution >= 4 is 5.91 Å². The molecule has 1 rings (SSSR count). The second-order valence-electron chi connectivity index (χ2n) is 4.81. The van der Waals surface area contributed by atoms with Gasteiger partial charge in [0.25, 0.3) is 0 Å². The molecule has 1 aliphatic rings. The number of carbonyl (C=O) groups excluding carboxylic acids is 1. The van der Waals surface area contributed by atoms with Crippen LogP contribution in [0.15, 0.2) is 11.6 Å². The third-order valence-corrected chi connectivity index (χ3v) is 3.81. The molecule has 0 aromatic heterocycles. The predicted molar refractivity (Wildman–Crippen MR) is 68.2 cm³/mol. The monoisotopic (exact) mass is 223 g/mol. The molecule has 2 nitrogen and oxygen atoms in total. The smallest absolute Gasteiger partial charge is 0.225 e. The summed E-state index contributed by atoms with van der Waals surface area (Å²) in [4.78, 5) is 14.3. The number of rotatable bonds is 3. The molecule has 0 N–H and O–H groups in total. The Balaban J connectivity index is 2.60. The minimum atomic E-state index is 0.236. The van der Waals surface area contributed by atoms with E-state index in [-0.39, 0.29) is 5.92 Å². The summed E-state index contributed by atoms with van der Waals surface area (Å²) in [5, 5.41) is 0. The van der Waals surface area contributed by atoms with E-state index in [4.69, 9.17) is 0 Å². The molecular formula is C14H25NO. The largest absolute Gasteiger partial charge is 0.342 e. The lowest BCUT2D eigenvalue weighted by molar-refractivity contribution is -0.136. The Morgan fingerprint density at radius 2 is 2.12 bits per heavy atom. The average Bonchev–Trinajstić information content (AvgIpc) is 2.30. The van der Waals surface area contributed by atoms with Gasteiger partial charge in [-0.2, -0.15) is 0 Å². The molecule has 0 aromatic rings. The number of piperidine rings is 1. The molecule has 1 unspecified atom stereocenters. The summed E-state index contributed by atoms with van der Waals surface area (Å²) >= 11 is 0. The molecular weight excluding hydrogens is 198 g/mol. The van der Waals surface area contributed by atoms with Crippen molar-refractivity contribution in [1.82, 2.24) is 4.90 Å². The number of hydrogen-bond acceptors (Lipinski definition) is 1. The summed E-state index contributed by atoms with van der Waals surface area (Å²) < 4.78 is 0. The minimum Gasteiger partial charge on any atom is -0.342 e. The van der Waals surface area contributed by atoms with Crippen LogP contribution in [-0.4, -0.2) is 23.9 Å². The van der Waals surface area contributed by atoms with Crippen LogP contribution in [0.1, 0.15) is 47.0 Å². The van der Waals surface area contributed by atoms with E-state index in [9.17, 15) is 4.79 Å². The van der Waals surface area contributed by atoms with Gasteiger partial charge in [-0.15, -0.1) is 0 Å². The maximum atomic E-state index is 12.2. The molecule has 1 amide bonds. The van der Waals surface area contributed by atoms with Gasteiger partial charge >= 0.3 is 0 Å². The number of allylic oxidation sites excluding steroid dienone is 1. The van der Waals surface area contributed by atoms with Crippen molar-refractivity contribution in [2.24, 2.45) is 11.8 Å². The molecule has 0 spiro atoms. The Labute approximate surface area is 99.7 Å². The molecule has 92 valence electrons. The Morgan fingerprint density at radius 3 is 2.56 bits per heavy atom. The standard InChI is InChI=1S/C14H25NO/c1-5-12(6-2)14(16)15-9-8-13(7-3)11(4)10-15/h7,11-12H,5-6,8-10H2,1-4H3/b13-7-. The van der Waals surface area contributed by atoms with Gasteiger partial charge in [0.05, 0.1) is 0 Å². The fourth-order valence-electron chi connectivity index (χ4n) is 2.57. The number of amides is 1. The highest BCUT2D eigenvalue weighted by Crippen LogP contribution is 2.24. The summed E-state index contributed by atoms with van der Waals surface area (Å²) in [6, 6.07) is 0. The molecule has 16 heavy (non-hydrogen) atoms. The van der Waals surface area contributed by atoms with E-state index in [0.29, 0.717) is 11.8 Å². The van der Waals surface area contributed by atoms with Crippen molar-refractivity contribution < 1.29 is 4.79 Å². The van der Waals surface area contributed by atoms with Gasteiger partial charge in [-0.05, 0) is 32.1 Å². The number of nitrogens with zero attached hydrogens (tertiary/aromatic N) is 1. The van der Waals surface area contributed by atoms with E-state index in [1.807, 2.05) is 0 Å². The van der Waals surface area contributed by atoms with Gasteiger partial charge in [0, 0.05) is 19.0 Å². The first-order chi connectivity index (χ1) is 7.63. The summed E-state index contributed by atoms with van der Waals surface area (Å²) in [6.07, 6.45) is 5.21. The van der Waals surface area contributed by atoms with Crippen molar-refractivity contribution in [3.63, 3.8) is 0 Å². The lowest BCUT2D eigenvalue weighted by Crippen LogP contribution is -2.43. The molecule has 0 radical (unpaired) electrons. The van der Waals surface area contributed by atoms with Crippen LogP contribution in [0.25, 0.3) is 0 Å². The SMILES string of the molecule is C/C=C1/CCN(C(=O)C(CC)CC)CC1C. The molecule has 1 fully saturated rings. The summed E-state index contributed by atoms with van der Waals surface area (Å²) in [6.45, 7) is 10.4. The fourth-order valence-corrected chi connectivity index (χ4v) is 2.57. The quantitative estimate of drug-likeness (QED) is 0.673. The van der Waals surface area contributed by atoms with Crippen LogP contribution in [0.4, 0.5) is 0 Å². The van der Waals surface area contributed by atoms with Crippen molar-refractivity contribution in [2.75, 3.05) is 13.1 Å². The highest BCUT2D eigenvalue weighted by atomic mass is 16.2. The lowest BCUT2D eigenvalue weighted by Gasteiger charge is -2.35. The molecule has 0 saturated carbocycles. The second kappa shape index (κ2) is 6.07. The third kappa shape index (κ3) is 2.87. The molecule has 2 heteroatoms. The van der Waals surface area contributed by atoms with Crippen molar-refractivity contribution in [3.05, 3.63) is 11.6 Å². The average molecular weight is 223 g/mol. The van der Waals surface area contributed by atoms with Crippen LogP contribution in [0.2, 0.25) is 0 Å². The first-order valence-corrected chi connectivity index (χ1v) is 6.57. The fraction of sp³-hybridized carbons (Fsp3) is 0.786. The first-order valence-electron chi connectivity index (χ1n) is 6.57. The van der Waals surface area contributed by atoms with Gasteiger partial charge in [-0.25, -0.2) is 0 Å². The van der Waals surface area contributed by atoms with E-state index in [0.717, 1.165) is 32.4 Å². The molecule has 1 aliphatic heterocycles. The van der Waals surface area contributed by atoms with E-state index in [1.165, 1.54) is 5.57 Å². The second-order valence-corrected chi connectivity index (χ2v) is 4.81. The normalized spacial score (nSPS) is 24.2. The maximum absolute atomic E-state index is 12.2. The molecule has 0 aliphatic carbocycles. The van der Waals surface area contributed by atoms with Gasteiger partial charge in [0.1, 0.15) is 0 Å². The highest BCUT2D eigenvalue weighted by Gasteiger charge is 2.27. The van der Waals surface area contributed by atoms with Crippen molar-refractivity contribution in [2.45, 2.75) is 47.0 Å². The van der Waals surface area contributed by atoms with E-state index < -0.39 is 0 Å². The van der Waals surface area contributed by atoms with Crippen LogP contribution in [0.3, 0.4) is 0 Å². The third-order valence-electron chi connectivity index (χ3n) is 3.81. The topological polar surface area (TPSA) is 20.3 Å². The molecule has 1 saturated heterocycles. The minimum absolute atomic E-state index is 0.236. The van der Waals surface area contributed by atoms with Crippen molar-refractivity contribution in [1.29, 1.82) is 0 Å². The van der Waals surface area contributed by atoms with Crippen molar-refractivity contribution in [3.8, 4) is 0 Å². The zero-order valence-electron chi connectivity index (χ0n) is 11.1. The zero-order chi connectivity index (χ0) is 12.1. The maximum Gasteiger partial charge on any atom is 0.225 e. The Hall–Kier alpha value is -0.790. The van der Waals surface area contributed by atoms with E-state index in [2.05, 4.69) is 38.7 Å². The van der Waals surface area contributed by atoms with Gasteiger partial charge in [0.15, 0.2) is 0 Å². The summed E-state index contributed by atoms with van der Waals surface area (Å²) in [5.41, 5.74) is 1.51. The molecule has 1 heterocycles. The number of likely N-dealkylation sites (tertiary alicyclic amines) is 1. The van der Waals surface area contributed by atoms with Gasteiger partial charge in [-0.3, -0.25) is 4.79 Å². The van der Waals surface area contributed by atoms with Crippen LogP contribution in [0, 0.1) is 11.8 Å². The van der Waals surface area contributed by atoms with Crippen LogP contribution in [-0.2, 0) is 4.79 Å². The Kier molecular flexibility index (Phi) is 5.04. The molecule has 0 bridgehead atoms. The van der Waals surface area contributed by atoms with Gasteiger partial charge < -0.3 is 4.90 Å². The van der Waals surface area contributed by atoms with Crippen LogP contribution < -0.4 is 0 Å². The van der Waals surface area contributed by atoms with Crippen LogP contribution >= 0.6 is 0 Å². The lowest BCUT2D eigenvalue weighted by atomic mass is 9.91. The summed E-state index contributed by atoms with van der Waals surface area (Å²) in [7, 11) is 0. The number of hydrogen-bond donors (Lipinski definition) is 0. The molecule has 0 aromatic carbocycles. The zero-order valence-corrected chi connectivity index (χ0v) is 11.1.